The van der Waals surface area contributed by atoms with Gasteiger partial charge in [0.25, 0.3) is 0 Å². The van der Waals surface area contributed by atoms with Crippen molar-refractivity contribution in [1.29, 1.82) is 0 Å². The third-order valence-electron chi connectivity index (χ3n) is 5.60. The molecule has 2 atom stereocenters. The summed E-state index contributed by atoms with van der Waals surface area (Å²) in [4.78, 5) is 26.6. The van der Waals surface area contributed by atoms with E-state index >= 15 is 0 Å². The number of amides is 1. The summed E-state index contributed by atoms with van der Waals surface area (Å²) in [6.45, 7) is 13.7. The molecule has 6 nitrogen and oxygen atoms in total. The highest BCUT2D eigenvalue weighted by molar-refractivity contribution is 5.81. The standard InChI is InChI=1S/C23H33N5O/c1-16(2)22-24-17(3)15-21(26-22)28-13-11-27(12-14-28)19(5)23(29)25-18(4)20-9-7-6-8-10-20/h6-10,15-16,18-19H,11-14H2,1-5H3,(H,25,29)/t18-,19+/m0/s1. The fourth-order valence-corrected chi connectivity index (χ4v) is 3.66. The highest BCUT2D eigenvalue weighted by atomic mass is 16.2. The van der Waals surface area contributed by atoms with Gasteiger partial charge in [0.05, 0.1) is 12.1 Å². The Labute approximate surface area is 174 Å². The lowest BCUT2D eigenvalue weighted by molar-refractivity contribution is -0.126. The summed E-state index contributed by atoms with van der Waals surface area (Å²) in [5.41, 5.74) is 2.13. The maximum Gasteiger partial charge on any atom is 0.237 e. The van der Waals surface area contributed by atoms with Crippen LogP contribution in [0, 0.1) is 6.92 Å². The number of hydrogen-bond acceptors (Lipinski definition) is 5. The zero-order valence-corrected chi connectivity index (χ0v) is 18.2. The van der Waals surface area contributed by atoms with Crippen LogP contribution in [0.2, 0.25) is 0 Å². The van der Waals surface area contributed by atoms with E-state index in [1.165, 1.54) is 0 Å². The molecule has 1 amide bonds. The predicted molar refractivity (Wildman–Crippen MR) is 117 cm³/mol. The molecular weight excluding hydrogens is 362 g/mol. The first kappa shape index (κ1) is 21.2. The number of aryl methyl sites for hydroxylation is 1. The molecule has 3 rings (SSSR count). The van der Waals surface area contributed by atoms with E-state index < -0.39 is 0 Å². The highest BCUT2D eigenvalue weighted by Gasteiger charge is 2.27. The second-order valence-corrected chi connectivity index (χ2v) is 8.22. The average Bonchev–Trinajstić information content (AvgIpc) is 2.73. The van der Waals surface area contributed by atoms with Crippen LogP contribution >= 0.6 is 0 Å². The monoisotopic (exact) mass is 395 g/mol. The van der Waals surface area contributed by atoms with Crippen LogP contribution in [0.15, 0.2) is 36.4 Å². The van der Waals surface area contributed by atoms with Gasteiger partial charge >= 0.3 is 0 Å². The molecule has 2 heterocycles. The molecule has 1 aromatic carbocycles. The molecule has 2 aromatic rings. The Hall–Kier alpha value is -2.47. The summed E-state index contributed by atoms with van der Waals surface area (Å²) in [5.74, 6) is 2.28. The first-order valence-corrected chi connectivity index (χ1v) is 10.5. The lowest BCUT2D eigenvalue weighted by Gasteiger charge is -2.38. The van der Waals surface area contributed by atoms with Gasteiger partial charge in [0.2, 0.25) is 5.91 Å². The number of piperazine rings is 1. The molecule has 1 aliphatic rings. The molecule has 0 spiro atoms. The van der Waals surface area contributed by atoms with Crippen LogP contribution in [-0.4, -0.2) is 53.0 Å². The van der Waals surface area contributed by atoms with Crippen LogP contribution in [-0.2, 0) is 4.79 Å². The average molecular weight is 396 g/mol. The molecule has 0 radical (unpaired) electrons. The van der Waals surface area contributed by atoms with Crippen molar-refractivity contribution in [1.82, 2.24) is 20.2 Å². The van der Waals surface area contributed by atoms with Gasteiger partial charge in [-0.1, -0.05) is 44.2 Å². The van der Waals surface area contributed by atoms with E-state index in [4.69, 9.17) is 4.98 Å². The van der Waals surface area contributed by atoms with Crippen molar-refractivity contribution in [3.05, 3.63) is 53.5 Å². The van der Waals surface area contributed by atoms with E-state index in [9.17, 15) is 4.79 Å². The van der Waals surface area contributed by atoms with E-state index in [1.807, 2.05) is 51.1 Å². The van der Waals surface area contributed by atoms with Gasteiger partial charge in [-0.25, -0.2) is 9.97 Å². The quantitative estimate of drug-likeness (QED) is 0.813. The molecule has 0 bridgehead atoms. The van der Waals surface area contributed by atoms with E-state index in [0.29, 0.717) is 5.92 Å². The molecule has 1 N–H and O–H groups in total. The van der Waals surface area contributed by atoms with Crippen LogP contribution in [0.4, 0.5) is 5.82 Å². The molecule has 0 saturated carbocycles. The number of hydrogen-bond donors (Lipinski definition) is 1. The molecule has 1 aromatic heterocycles. The Morgan fingerprint density at radius 2 is 1.66 bits per heavy atom. The highest BCUT2D eigenvalue weighted by Crippen LogP contribution is 2.19. The maximum atomic E-state index is 12.8. The summed E-state index contributed by atoms with van der Waals surface area (Å²) in [6.07, 6.45) is 0. The van der Waals surface area contributed by atoms with Gasteiger partial charge in [-0.2, -0.15) is 0 Å². The minimum absolute atomic E-state index is 0.00545. The first-order chi connectivity index (χ1) is 13.8. The van der Waals surface area contributed by atoms with Gasteiger partial charge in [-0.15, -0.1) is 0 Å². The van der Waals surface area contributed by atoms with E-state index in [-0.39, 0.29) is 18.0 Å². The second kappa shape index (κ2) is 9.35. The molecule has 6 heteroatoms. The topological polar surface area (TPSA) is 61.4 Å². The third-order valence-corrected chi connectivity index (χ3v) is 5.60. The summed E-state index contributed by atoms with van der Waals surface area (Å²) in [7, 11) is 0. The van der Waals surface area contributed by atoms with Crippen LogP contribution in [0.3, 0.4) is 0 Å². The molecule has 0 aliphatic carbocycles. The van der Waals surface area contributed by atoms with Crippen LogP contribution in [0.5, 0.6) is 0 Å². The molecule has 1 aliphatic heterocycles. The lowest BCUT2D eigenvalue weighted by atomic mass is 10.1. The fourth-order valence-electron chi connectivity index (χ4n) is 3.66. The summed E-state index contributed by atoms with van der Waals surface area (Å²) in [6, 6.07) is 12.0. The van der Waals surface area contributed by atoms with Crippen LogP contribution in [0.25, 0.3) is 0 Å². The van der Waals surface area contributed by atoms with Crippen molar-refractivity contribution in [2.45, 2.75) is 52.6 Å². The molecule has 0 unspecified atom stereocenters. The Morgan fingerprint density at radius 3 is 2.28 bits per heavy atom. The van der Waals surface area contributed by atoms with Gasteiger partial charge in [0, 0.05) is 43.9 Å². The molecule has 1 saturated heterocycles. The lowest BCUT2D eigenvalue weighted by Crippen LogP contribution is -2.54. The van der Waals surface area contributed by atoms with Crippen molar-refractivity contribution in [2.24, 2.45) is 0 Å². The Kier molecular flexibility index (Phi) is 6.85. The number of nitrogens with one attached hydrogen (secondary N) is 1. The number of benzene rings is 1. The Balaban J connectivity index is 1.57. The smallest absolute Gasteiger partial charge is 0.237 e. The molecular formula is C23H33N5O. The van der Waals surface area contributed by atoms with Gasteiger partial charge < -0.3 is 10.2 Å². The van der Waals surface area contributed by atoms with Crippen molar-refractivity contribution < 1.29 is 4.79 Å². The SMILES string of the molecule is Cc1cc(N2CCN([C@H](C)C(=O)N[C@@H](C)c3ccccc3)CC2)nc(C(C)C)n1. The Bertz CT molecular complexity index is 815. The summed E-state index contributed by atoms with van der Waals surface area (Å²) in [5, 5.41) is 3.15. The van der Waals surface area contributed by atoms with Gasteiger partial charge in [0.15, 0.2) is 0 Å². The predicted octanol–water partition coefficient (Wildman–Crippen LogP) is 3.30. The second-order valence-electron chi connectivity index (χ2n) is 8.22. The third kappa shape index (κ3) is 5.32. The van der Waals surface area contributed by atoms with Crippen molar-refractivity contribution in [3.63, 3.8) is 0 Å². The number of carbonyl (C=O) groups excluding carboxylic acids is 1. The van der Waals surface area contributed by atoms with Crippen molar-refractivity contribution >= 4 is 11.7 Å². The van der Waals surface area contributed by atoms with Gasteiger partial charge in [-0.05, 0) is 26.3 Å². The first-order valence-electron chi connectivity index (χ1n) is 10.5. The number of nitrogens with zero attached hydrogens (tertiary/aromatic N) is 4. The summed E-state index contributed by atoms with van der Waals surface area (Å²) < 4.78 is 0. The Morgan fingerprint density at radius 1 is 1.00 bits per heavy atom. The summed E-state index contributed by atoms with van der Waals surface area (Å²) >= 11 is 0. The zero-order chi connectivity index (χ0) is 21.0. The van der Waals surface area contributed by atoms with Crippen molar-refractivity contribution in [2.75, 3.05) is 31.1 Å². The molecule has 156 valence electrons. The van der Waals surface area contributed by atoms with Crippen LogP contribution < -0.4 is 10.2 Å². The minimum Gasteiger partial charge on any atom is -0.354 e. The molecule has 1 fully saturated rings. The minimum atomic E-state index is -0.151. The van der Waals surface area contributed by atoms with Gasteiger partial charge in [-0.3, -0.25) is 9.69 Å². The van der Waals surface area contributed by atoms with Crippen molar-refractivity contribution in [3.8, 4) is 0 Å². The van der Waals surface area contributed by atoms with Crippen LogP contribution in [0.1, 0.15) is 56.7 Å². The number of aromatic nitrogens is 2. The van der Waals surface area contributed by atoms with E-state index in [0.717, 1.165) is 49.1 Å². The number of anilines is 1. The largest absolute Gasteiger partial charge is 0.354 e. The fraction of sp³-hybridized carbons (Fsp3) is 0.522. The molecule has 29 heavy (non-hydrogen) atoms. The normalized spacial score (nSPS) is 17.2. The zero-order valence-electron chi connectivity index (χ0n) is 18.2. The van der Waals surface area contributed by atoms with E-state index in [2.05, 4.69) is 40.0 Å². The number of rotatable bonds is 6. The van der Waals surface area contributed by atoms with Gasteiger partial charge in [0.1, 0.15) is 11.6 Å². The maximum absolute atomic E-state index is 12.8. The van der Waals surface area contributed by atoms with E-state index in [1.54, 1.807) is 0 Å². The number of carbonyl (C=O) groups is 1.